The number of pyridine rings is 1. The molecule has 98 valence electrons. The molecule has 0 aromatic carbocycles. The lowest BCUT2D eigenvalue weighted by Crippen LogP contribution is -2.45. The number of aromatic nitrogens is 1. The third-order valence-electron chi connectivity index (χ3n) is 3.26. The second kappa shape index (κ2) is 5.30. The molecule has 0 aliphatic carbocycles. The number of aryl methyl sites for hydroxylation is 1. The predicted octanol–water partition coefficient (Wildman–Crippen LogP) is 1.91. The summed E-state index contributed by atoms with van der Waals surface area (Å²) in [6.07, 6.45) is 2.31. The second-order valence-electron chi connectivity index (χ2n) is 4.42. The van der Waals surface area contributed by atoms with Crippen molar-refractivity contribution >= 4 is 11.5 Å². The zero-order valence-corrected chi connectivity index (χ0v) is 10.6. The van der Waals surface area contributed by atoms with Gasteiger partial charge in [-0.2, -0.15) is 0 Å². The summed E-state index contributed by atoms with van der Waals surface area (Å²) in [4.78, 5) is 16.7. The van der Waals surface area contributed by atoms with Gasteiger partial charge >= 0.3 is 0 Å². The molecule has 1 saturated heterocycles. The molecule has 6 heteroatoms. The normalized spacial score (nSPS) is 19.9. The first kappa shape index (κ1) is 12.8. The first-order chi connectivity index (χ1) is 8.63. The Hall–Kier alpha value is -1.69. The minimum absolute atomic E-state index is 0.0695. The summed E-state index contributed by atoms with van der Waals surface area (Å²) in [5.74, 6) is 0.799. The van der Waals surface area contributed by atoms with Gasteiger partial charge in [0.15, 0.2) is 0 Å². The molecule has 1 unspecified atom stereocenters. The molecular weight excluding hydrogens is 234 g/mol. The summed E-state index contributed by atoms with van der Waals surface area (Å²) in [5.41, 5.74) is 0.714. The van der Waals surface area contributed by atoms with Gasteiger partial charge < -0.3 is 9.64 Å². The fourth-order valence-electron chi connectivity index (χ4n) is 2.18. The third-order valence-corrected chi connectivity index (χ3v) is 3.26. The van der Waals surface area contributed by atoms with E-state index < -0.39 is 4.92 Å². The molecule has 1 atom stereocenters. The zero-order valence-electron chi connectivity index (χ0n) is 10.6. The van der Waals surface area contributed by atoms with E-state index in [1.165, 1.54) is 6.20 Å². The van der Waals surface area contributed by atoms with Gasteiger partial charge in [0.25, 0.3) is 5.69 Å². The van der Waals surface area contributed by atoms with Gasteiger partial charge in [0.2, 0.25) is 0 Å². The monoisotopic (exact) mass is 251 g/mol. The van der Waals surface area contributed by atoms with E-state index in [4.69, 9.17) is 4.74 Å². The molecule has 1 aromatic rings. The number of hydrogen-bond donors (Lipinski definition) is 0. The molecule has 1 aliphatic rings. The van der Waals surface area contributed by atoms with E-state index in [0.29, 0.717) is 24.8 Å². The number of rotatable bonds is 3. The zero-order chi connectivity index (χ0) is 13.1. The van der Waals surface area contributed by atoms with Crippen molar-refractivity contribution in [2.45, 2.75) is 26.3 Å². The Balaban J connectivity index is 2.27. The lowest BCUT2D eigenvalue weighted by Gasteiger charge is -2.36. The Kier molecular flexibility index (Phi) is 3.76. The highest BCUT2D eigenvalue weighted by Crippen LogP contribution is 2.24. The Morgan fingerprint density at radius 1 is 1.67 bits per heavy atom. The third kappa shape index (κ3) is 2.43. The van der Waals surface area contributed by atoms with Crippen molar-refractivity contribution in [2.75, 3.05) is 24.7 Å². The van der Waals surface area contributed by atoms with Crippen molar-refractivity contribution in [3.63, 3.8) is 0 Å². The van der Waals surface area contributed by atoms with Gasteiger partial charge in [0.1, 0.15) is 12.0 Å². The van der Waals surface area contributed by atoms with Crippen LogP contribution in [0.1, 0.15) is 18.9 Å². The predicted molar refractivity (Wildman–Crippen MR) is 67.9 cm³/mol. The van der Waals surface area contributed by atoms with Crippen LogP contribution in [-0.2, 0) is 4.74 Å². The molecule has 6 nitrogen and oxygen atoms in total. The van der Waals surface area contributed by atoms with Gasteiger partial charge in [-0.1, -0.05) is 6.92 Å². The van der Waals surface area contributed by atoms with E-state index in [1.54, 1.807) is 13.0 Å². The van der Waals surface area contributed by atoms with Crippen molar-refractivity contribution in [3.8, 4) is 0 Å². The molecule has 1 aromatic heterocycles. The Labute approximate surface area is 106 Å². The summed E-state index contributed by atoms with van der Waals surface area (Å²) in [6.45, 7) is 5.99. The summed E-state index contributed by atoms with van der Waals surface area (Å²) in [5, 5.41) is 10.8. The van der Waals surface area contributed by atoms with Crippen molar-refractivity contribution in [1.82, 2.24) is 4.98 Å². The molecule has 0 radical (unpaired) electrons. The van der Waals surface area contributed by atoms with Crippen molar-refractivity contribution < 1.29 is 9.66 Å². The number of nitrogens with zero attached hydrogens (tertiary/aromatic N) is 3. The Bertz CT molecular complexity index is 450. The van der Waals surface area contributed by atoms with Crippen LogP contribution in [0.25, 0.3) is 0 Å². The number of nitro groups is 1. The number of hydrogen-bond acceptors (Lipinski definition) is 5. The average Bonchev–Trinajstić information content (AvgIpc) is 2.38. The van der Waals surface area contributed by atoms with Crippen LogP contribution in [0.4, 0.5) is 11.5 Å². The molecule has 18 heavy (non-hydrogen) atoms. The van der Waals surface area contributed by atoms with Crippen molar-refractivity contribution in [1.29, 1.82) is 0 Å². The highest BCUT2D eigenvalue weighted by molar-refractivity contribution is 5.49. The van der Waals surface area contributed by atoms with E-state index >= 15 is 0 Å². The van der Waals surface area contributed by atoms with Gasteiger partial charge in [-0.25, -0.2) is 4.98 Å². The highest BCUT2D eigenvalue weighted by atomic mass is 16.6. The fourth-order valence-corrected chi connectivity index (χ4v) is 2.18. The van der Waals surface area contributed by atoms with Gasteiger partial charge in [-0.15, -0.1) is 0 Å². The molecule has 2 heterocycles. The summed E-state index contributed by atoms with van der Waals surface area (Å²) in [6, 6.07) is 2.08. The topological polar surface area (TPSA) is 68.5 Å². The van der Waals surface area contributed by atoms with Gasteiger partial charge in [0, 0.05) is 12.1 Å². The van der Waals surface area contributed by atoms with Gasteiger partial charge in [-0.05, 0) is 19.4 Å². The van der Waals surface area contributed by atoms with E-state index in [2.05, 4.69) is 16.8 Å². The summed E-state index contributed by atoms with van der Waals surface area (Å²) >= 11 is 0. The van der Waals surface area contributed by atoms with Gasteiger partial charge in [-0.3, -0.25) is 10.1 Å². The van der Waals surface area contributed by atoms with E-state index in [-0.39, 0.29) is 5.69 Å². The minimum Gasteiger partial charge on any atom is -0.377 e. The lowest BCUT2D eigenvalue weighted by molar-refractivity contribution is -0.385. The van der Waals surface area contributed by atoms with Crippen LogP contribution in [0, 0.1) is 17.0 Å². The smallest absolute Gasteiger partial charge is 0.290 e. The van der Waals surface area contributed by atoms with Crippen LogP contribution in [-0.4, -0.2) is 35.7 Å². The highest BCUT2D eigenvalue weighted by Gasteiger charge is 2.24. The fraction of sp³-hybridized carbons (Fsp3) is 0.583. The first-order valence-electron chi connectivity index (χ1n) is 6.09. The standard InChI is InChI=1S/C12H17N3O3/c1-3-10-8-18-5-4-14(10)12-6-9(2)11(7-13-12)15(16)17/h6-7,10H,3-5,8H2,1-2H3. The largest absolute Gasteiger partial charge is 0.377 e. The molecule has 0 spiro atoms. The van der Waals surface area contributed by atoms with Crippen LogP contribution in [0.15, 0.2) is 12.3 Å². The number of ether oxygens (including phenoxy) is 1. The summed E-state index contributed by atoms with van der Waals surface area (Å²) in [7, 11) is 0. The molecular formula is C12H17N3O3. The van der Waals surface area contributed by atoms with Gasteiger partial charge in [0.05, 0.1) is 24.2 Å². The van der Waals surface area contributed by atoms with Crippen LogP contribution in [0.5, 0.6) is 0 Å². The molecule has 2 rings (SSSR count). The molecule has 1 fully saturated rings. The lowest BCUT2D eigenvalue weighted by atomic mass is 10.1. The number of anilines is 1. The molecule has 0 N–H and O–H groups in total. The molecule has 0 saturated carbocycles. The van der Waals surface area contributed by atoms with Crippen molar-refractivity contribution in [3.05, 3.63) is 27.9 Å². The second-order valence-corrected chi connectivity index (χ2v) is 4.42. The maximum Gasteiger partial charge on any atom is 0.290 e. The van der Waals surface area contributed by atoms with E-state index in [0.717, 1.165) is 18.8 Å². The minimum atomic E-state index is -0.400. The van der Waals surface area contributed by atoms with Crippen LogP contribution in [0.2, 0.25) is 0 Å². The Morgan fingerprint density at radius 2 is 2.44 bits per heavy atom. The summed E-state index contributed by atoms with van der Waals surface area (Å²) < 4.78 is 5.44. The van der Waals surface area contributed by atoms with Crippen molar-refractivity contribution in [2.24, 2.45) is 0 Å². The first-order valence-corrected chi connectivity index (χ1v) is 6.09. The molecule has 1 aliphatic heterocycles. The van der Waals surface area contributed by atoms with Crippen LogP contribution >= 0.6 is 0 Å². The molecule has 0 amide bonds. The Morgan fingerprint density at radius 3 is 3.06 bits per heavy atom. The van der Waals surface area contributed by atoms with E-state index in [9.17, 15) is 10.1 Å². The molecule has 0 bridgehead atoms. The van der Waals surface area contributed by atoms with Crippen LogP contribution in [0.3, 0.4) is 0 Å². The SMILES string of the molecule is CCC1COCCN1c1cc(C)c([N+](=O)[O-])cn1. The average molecular weight is 251 g/mol. The van der Waals surface area contributed by atoms with E-state index in [1.807, 2.05) is 0 Å². The maximum atomic E-state index is 10.8. The quantitative estimate of drug-likeness (QED) is 0.606. The van der Waals surface area contributed by atoms with Crippen LogP contribution < -0.4 is 4.90 Å². The number of morpholine rings is 1. The maximum absolute atomic E-state index is 10.8.